The predicted molar refractivity (Wildman–Crippen MR) is 58.8 cm³/mol. The zero-order valence-electron chi connectivity index (χ0n) is 8.34. The van der Waals surface area contributed by atoms with Gasteiger partial charge in [-0.3, -0.25) is 4.98 Å². The number of aryl methyl sites for hydroxylation is 1. The van der Waals surface area contributed by atoms with Gasteiger partial charge in [0.15, 0.2) is 5.76 Å². The highest BCUT2D eigenvalue weighted by Crippen LogP contribution is 2.17. The van der Waals surface area contributed by atoms with Crippen molar-refractivity contribution in [3.05, 3.63) is 41.5 Å². The lowest BCUT2D eigenvalue weighted by atomic mass is 10.2. The molecule has 0 saturated carbocycles. The second-order valence-corrected chi connectivity index (χ2v) is 3.15. The Hall–Kier alpha value is -2.10. The van der Waals surface area contributed by atoms with Gasteiger partial charge in [-0.25, -0.2) is 0 Å². The van der Waals surface area contributed by atoms with Gasteiger partial charge in [-0.15, -0.1) is 0 Å². The fourth-order valence-corrected chi connectivity index (χ4v) is 1.17. The highest BCUT2D eigenvalue weighted by molar-refractivity contribution is 5.73. The van der Waals surface area contributed by atoms with E-state index in [0.717, 1.165) is 5.56 Å². The smallest absolute Gasteiger partial charge is 0.157 e. The molecular weight excluding hydrogens is 190 g/mol. The summed E-state index contributed by atoms with van der Waals surface area (Å²) < 4.78 is 4.95. The Morgan fingerprint density at radius 2 is 2.00 bits per heavy atom. The molecule has 0 spiro atoms. The van der Waals surface area contributed by atoms with Crippen LogP contribution in [-0.4, -0.2) is 10.1 Å². The lowest BCUT2D eigenvalue weighted by molar-refractivity contribution is 0.397. The average Bonchev–Trinajstić information content (AvgIpc) is 2.59. The minimum atomic E-state index is 0.584. The molecule has 0 unspecified atom stereocenters. The highest BCUT2D eigenvalue weighted by Gasteiger charge is 2.04. The molecule has 4 heteroatoms. The molecule has 2 aromatic heterocycles. The molecule has 2 rings (SSSR count). The number of aromatic nitrogens is 2. The monoisotopic (exact) mass is 201 g/mol. The number of nitrogen functional groups attached to an aromatic ring is 1. The summed E-state index contributed by atoms with van der Waals surface area (Å²) in [7, 11) is 0. The predicted octanol–water partition coefficient (Wildman–Crippen LogP) is 2.13. The zero-order valence-corrected chi connectivity index (χ0v) is 8.34. The van der Waals surface area contributed by atoms with Crippen LogP contribution in [0, 0.1) is 6.92 Å². The van der Waals surface area contributed by atoms with Crippen molar-refractivity contribution >= 4 is 17.8 Å². The maximum absolute atomic E-state index is 5.75. The lowest BCUT2D eigenvalue weighted by Crippen LogP contribution is -1.86. The summed E-state index contributed by atoms with van der Waals surface area (Å²) in [5.41, 5.74) is 8.03. The van der Waals surface area contributed by atoms with Crippen molar-refractivity contribution in [2.75, 3.05) is 5.73 Å². The van der Waals surface area contributed by atoms with Crippen LogP contribution in [0.5, 0.6) is 0 Å². The summed E-state index contributed by atoms with van der Waals surface area (Å²) in [6.07, 6.45) is 7.20. The van der Waals surface area contributed by atoms with Crippen molar-refractivity contribution in [2.45, 2.75) is 6.92 Å². The molecule has 15 heavy (non-hydrogen) atoms. The van der Waals surface area contributed by atoms with Gasteiger partial charge in [-0.1, -0.05) is 11.2 Å². The molecule has 2 aromatic rings. The molecule has 0 amide bonds. The van der Waals surface area contributed by atoms with E-state index in [2.05, 4.69) is 10.1 Å². The molecule has 0 aromatic carbocycles. The summed E-state index contributed by atoms with van der Waals surface area (Å²) in [5, 5.41) is 3.83. The lowest BCUT2D eigenvalue weighted by Gasteiger charge is -1.90. The first kappa shape index (κ1) is 9.45. The molecule has 4 nitrogen and oxygen atoms in total. The van der Waals surface area contributed by atoms with E-state index >= 15 is 0 Å². The first-order valence-electron chi connectivity index (χ1n) is 4.57. The third-order valence-corrected chi connectivity index (χ3v) is 2.08. The van der Waals surface area contributed by atoms with Crippen LogP contribution in [-0.2, 0) is 0 Å². The number of rotatable bonds is 2. The first-order chi connectivity index (χ1) is 7.27. The molecule has 76 valence electrons. The maximum atomic E-state index is 5.75. The van der Waals surface area contributed by atoms with Crippen LogP contribution in [0.4, 0.5) is 5.69 Å². The van der Waals surface area contributed by atoms with Crippen LogP contribution < -0.4 is 5.73 Å². The van der Waals surface area contributed by atoms with Gasteiger partial charge in [0.25, 0.3) is 0 Å². The fraction of sp³-hybridized carbons (Fsp3) is 0.0909. The van der Waals surface area contributed by atoms with Crippen molar-refractivity contribution in [1.82, 2.24) is 10.1 Å². The van der Waals surface area contributed by atoms with E-state index in [1.165, 1.54) is 0 Å². The highest BCUT2D eigenvalue weighted by atomic mass is 16.5. The van der Waals surface area contributed by atoms with Gasteiger partial charge in [0, 0.05) is 12.4 Å². The fourth-order valence-electron chi connectivity index (χ4n) is 1.17. The Balaban J connectivity index is 2.23. The molecule has 2 N–H and O–H groups in total. The van der Waals surface area contributed by atoms with Crippen molar-refractivity contribution in [3.63, 3.8) is 0 Å². The topological polar surface area (TPSA) is 64.9 Å². The van der Waals surface area contributed by atoms with Gasteiger partial charge < -0.3 is 10.3 Å². The van der Waals surface area contributed by atoms with Crippen LogP contribution in [0.3, 0.4) is 0 Å². The number of hydrogen-bond donors (Lipinski definition) is 1. The largest absolute Gasteiger partial charge is 0.394 e. The summed E-state index contributed by atoms with van der Waals surface area (Å²) in [4.78, 5) is 3.93. The van der Waals surface area contributed by atoms with E-state index in [-0.39, 0.29) is 0 Å². The Bertz CT molecular complexity index is 474. The summed E-state index contributed by atoms with van der Waals surface area (Å²) in [6, 6.07) is 3.80. The molecule has 2 heterocycles. The van der Waals surface area contributed by atoms with Gasteiger partial charge in [-0.05, 0) is 30.7 Å². The summed E-state index contributed by atoms with van der Waals surface area (Å²) in [6.45, 7) is 1.78. The summed E-state index contributed by atoms with van der Waals surface area (Å²) >= 11 is 0. The normalized spacial score (nSPS) is 11.0. The second kappa shape index (κ2) is 3.96. The molecule has 0 aliphatic carbocycles. The zero-order chi connectivity index (χ0) is 10.7. The van der Waals surface area contributed by atoms with E-state index in [9.17, 15) is 0 Å². The van der Waals surface area contributed by atoms with E-state index < -0.39 is 0 Å². The molecule has 0 fully saturated rings. The molecule has 0 atom stereocenters. The van der Waals surface area contributed by atoms with E-state index in [1.54, 1.807) is 19.3 Å². The van der Waals surface area contributed by atoms with Gasteiger partial charge in [0.05, 0.1) is 0 Å². The number of anilines is 1. The molecule has 0 saturated heterocycles. The van der Waals surface area contributed by atoms with Crippen LogP contribution >= 0.6 is 0 Å². The van der Waals surface area contributed by atoms with E-state index in [4.69, 9.17) is 10.3 Å². The molecule has 0 radical (unpaired) electrons. The SMILES string of the molecule is Cc1onc(C=Cc2ccncc2)c1N. The minimum absolute atomic E-state index is 0.584. The molecule has 0 aliphatic heterocycles. The number of nitrogens with zero attached hydrogens (tertiary/aromatic N) is 2. The number of nitrogens with two attached hydrogens (primary N) is 1. The van der Waals surface area contributed by atoms with E-state index in [1.807, 2.05) is 24.3 Å². The molecule has 0 aliphatic rings. The quantitative estimate of drug-likeness (QED) is 0.808. The average molecular weight is 201 g/mol. The second-order valence-electron chi connectivity index (χ2n) is 3.15. The van der Waals surface area contributed by atoms with Gasteiger partial charge >= 0.3 is 0 Å². The van der Waals surface area contributed by atoms with Gasteiger partial charge in [-0.2, -0.15) is 0 Å². The Kier molecular flexibility index (Phi) is 2.49. The standard InChI is InChI=1S/C11H11N3O/c1-8-11(12)10(14-15-8)3-2-9-4-6-13-7-5-9/h2-7H,12H2,1H3. The Morgan fingerprint density at radius 1 is 1.27 bits per heavy atom. The third-order valence-electron chi connectivity index (χ3n) is 2.08. The summed E-state index contributed by atoms with van der Waals surface area (Å²) in [5.74, 6) is 0.643. The van der Waals surface area contributed by atoms with Crippen molar-refractivity contribution in [2.24, 2.45) is 0 Å². The maximum Gasteiger partial charge on any atom is 0.157 e. The van der Waals surface area contributed by atoms with Crippen LogP contribution in [0.25, 0.3) is 12.2 Å². The van der Waals surface area contributed by atoms with Crippen LogP contribution in [0.1, 0.15) is 17.0 Å². The van der Waals surface area contributed by atoms with Crippen molar-refractivity contribution < 1.29 is 4.52 Å². The van der Waals surface area contributed by atoms with Crippen LogP contribution in [0.15, 0.2) is 29.0 Å². The van der Waals surface area contributed by atoms with Crippen LogP contribution in [0.2, 0.25) is 0 Å². The van der Waals surface area contributed by atoms with Crippen molar-refractivity contribution in [3.8, 4) is 0 Å². The minimum Gasteiger partial charge on any atom is -0.394 e. The Labute approximate surface area is 87.4 Å². The van der Waals surface area contributed by atoms with Gasteiger partial charge in [0.2, 0.25) is 0 Å². The molecular formula is C11H11N3O. The molecule has 0 bridgehead atoms. The van der Waals surface area contributed by atoms with Crippen molar-refractivity contribution in [1.29, 1.82) is 0 Å². The van der Waals surface area contributed by atoms with E-state index in [0.29, 0.717) is 17.1 Å². The number of hydrogen-bond acceptors (Lipinski definition) is 4. The third kappa shape index (κ3) is 2.04. The Morgan fingerprint density at radius 3 is 2.60 bits per heavy atom. The first-order valence-corrected chi connectivity index (χ1v) is 4.57. The number of pyridine rings is 1. The van der Waals surface area contributed by atoms with Gasteiger partial charge in [0.1, 0.15) is 11.4 Å².